The Kier molecular flexibility index (Phi) is 2.43. The van der Waals surface area contributed by atoms with Crippen LogP contribution >= 0.6 is 24.0 Å². The summed E-state index contributed by atoms with van der Waals surface area (Å²) in [5.74, 6) is 0. The van der Waals surface area contributed by atoms with Crippen molar-refractivity contribution in [2.45, 2.75) is 6.18 Å². The number of alkyl halides is 3. The minimum Gasteiger partial charge on any atom is -0.280 e. The van der Waals surface area contributed by atoms with Crippen LogP contribution in [0.3, 0.4) is 0 Å². The van der Waals surface area contributed by atoms with Crippen LogP contribution in [0.4, 0.5) is 13.2 Å². The van der Waals surface area contributed by atoms with E-state index in [1.165, 1.54) is 0 Å². The van der Waals surface area contributed by atoms with Gasteiger partial charge in [-0.1, -0.05) is 12.6 Å². The van der Waals surface area contributed by atoms with Crippen molar-refractivity contribution in [1.29, 1.82) is 0 Å². The van der Waals surface area contributed by atoms with Crippen LogP contribution < -0.4 is 0 Å². The highest BCUT2D eigenvalue weighted by Crippen LogP contribution is 2.31. The third kappa shape index (κ3) is 1.98. The molecule has 7 heteroatoms. The molecule has 0 aliphatic rings. The van der Waals surface area contributed by atoms with Gasteiger partial charge in [0.1, 0.15) is 5.69 Å². The molecule has 0 aliphatic heterocycles. The molecule has 0 fully saturated rings. The van der Waals surface area contributed by atoms with Crippen molar-refractivity contribution >= 4 is 29.1 Å². The van der Waals surface area contributed by atoms with Gasteiger partial charge in [0.05, 0.1) is 0 Å². The molecule has 0 spiro atoms. The SMILES string of the molecule is O=C(S)c1csc(C(F)(F)F)n1. The van der Waals surface area contributed by atoms with Crippen LogP contribution in [0.2, 0.25) is 0 Å². The van der Waals surface area contributed by atoms with E-state index in [1.54, 1.807) is 0 Å². The zero-order valence-electron chi connectivity index (χ0n) is 5.42. The molecule has 1 rings (SSSR count). The van der Waals surface area contributed by atoms with E-state index in [-0.39, 0.29) is 5.69 Å². The number of carbonyl (C=O) groups is 1. The van der Waals surface area contributed by atoms with Crippen LogP contribution in [0.5, 0.6) is 0 Å². The van der Waals surface area contributed by atoms with Gasteiger partial charge in [-0.25, -0.2) is 4.98 Å². The van der Waals surface area contributed by atoms with Crippen molar-refractivity contribution in [3.8, 4) is 0 Å². The van der Waals surface area contributed by atoms with E-state index in [9.17, 15) is 18.0 Å². The van der Waals surface area contributed by atoms with Gasteiger partial charge in [-0.05, 0) is 0 Å². The fourth-order valence-electron chi connectivity index (χ4n) is 0.502. The quantitative estimate of drug-likeness (QED) is 0.725. The lowest BCUT2D eigenvalue weighted by Gasteiger charge is -1.98. The number of nitrogens with zero attached hydrogens (tertiary/aromatic N) is 1. The summed E-state index contributed by atoms with van der Waals surface area (Å²) in [6, 6.07) is 0. The van der Waals surface area contributed by atoms with Gasteiger partial charge in [0.25, 0.3) is 0 Å². The third-order valence-corrected chi connectivity index (χ3v) is 2.08. The van der Waals surface area contributed by atoms with Crippen molar-refractivity contribution in [2.75, 3.05) is 0 Å². The number of carbonyl (C=O) groups excluding carboxylic acids is 1. The molecule has 1 aromatic rings. The van der Waals surface area contributed by atoms with Crippen molar-refractivity contribution in [2.24, 2.45) is 0 Å². The smallest absolute Gasteiger partial charge is 0.280 e. The van der Waals surface area contributed by atoms with E-state index in [1.807, 2.05) is 0 Å². The van der Waals surface area contributed by atoms with Crippen molar-refractivity contribution in [3.05, 3.63) is 16.1 Å². The van der Waals surface area contributed by atoms with Gasteiger partial charge in [0.15, 0.2) is 5.01 Å². The standard InChI is InChI=1S/C5H2F3NOS2/c6-5(7,8)4-9-2(1-12-4)3(10)11/h1H,(H,10,11). The highest BCUT2D eigenvalue weighted by Gasteiger charge is 2.34. The fourth-order valence-corrected chi connectivity index (χ4v) is 1.37. The Balaban J connectivity index is 3.00. The van der Waals surface area contributed by atoms with E-state index in [4.69, 9.17) is 0 Å². The molecule has 0 saturated heterocycles. The maximum absolute atomic E-state index is 11.9. The van der Waals surface area contributed by atoms with Gasteiger partial charge in [-0.15, -0.1) is 11.3 Å². The van der Waals surface area contributed by atoms with Crippen molar-refractivity contribution in [1.82, 2.24) is 4.98 Å². The first-order chi connectivity index (χ1) is 5.41. The van der Waals surface area contributed by atoms with E-state index in [2.05, 4.69) is 17.6 Å². The molecule has 0 atom stereocenters. The molecular formula is C5H2F3NOS2. The van der Waals surface area contributed by atoms with Gasteiger partial charge in [-0.3, -0.25) is 4.79 Å². The Labute approximate surface area is 74.8 Å². The van der Waals surface area contributed by atoms with Crippen LogP contribution in [0.25, 0.3) is 0 Å². The average molecular weight is 213 g/mol. The molecule has 1 heterocycles. The molecule has 0 bridgehead atoms. The number of thiazole rings is 1. The molecule has 0 aliphatic carbocycles. The summed E-state index contributed by atoms with van der Waals surface area (Å²) in [7, 11) is 0. The van der Waals surface area contributed by atoms with Crippen molar-refractivity contribution in [3.63, 3.8) is 0 Å². The molecule has 0 amide bonds. The summed E-state index contributed by atoms with van der Waals surface area (Å²) in [6.45, 7) is 0. The summed E-state index contributed by atoms with van der Waals surface area (Å²) in [4.78, 5) is 13.5. The van der Waals surface area contributed by atoms with E-state index < -0.39 is 16.3 Å². The maximum Gasteiger partial charge on any atom is 0.443 e. The first-order valence-electron chi connectivity index (χ1n) is 2.67. The first kappa shape index (κ1) is 9.53. The second-order valence-electron chi connectivity index (χ2n) is 1.84. The summed E-state index contributed by atoms with van der Waals surface area (Å²) < 4.78 is 35.6. The van der Waals surface area contributed by atoms with Gasteiger partial charge in [0, 0.05) is 5.38 Å². The van der Waals surface area contributed by atoms with Gasteiger partial charge >= 0.3 is 6.18 Å². The van der Waals surface area contributed by atoms with Crippen LogP contribution in [0.15, 0.2) is 5.38 Å². The number of aromatic nitrogens is 1. The molecule has 0 saturated carbocycles. The molecular weight excluding hydrogens is 211 g/mol. The number of hydrogen-bond donors (Lipinski definition) is 1. The number of hydrogen-bond acceptors (Lipinski definition) is 3. The highest BCUT2D eigenvalue weighted by atomic mass is 32.1. The second-order valence-corrected chi connectivity index (χ2v) is 3.11. The predicted molar refractivity (Wildman–Crippen MR) is 40.4 cm³/mol. The normalized spacial score (nSPS) is 11.7. The number of rotatable bonds is 1. The lowest BCUT2D eigenvalue weighted by atomic mass is 10.5. The van der Waals surface area contributed by atoms with Gasteiger partial charge in [-0.2, -0.15) is 13.2 Å². The molecule has 0 N–H and O–H groups in total. The zero-order valence-corrected chi connectivity index (χ0v) is 7.13. The molecule has 12 heavy (non-hydrogen) atoms. The minimum atomic E-state index is -4.48. The van der Waals surface area contributed by atoms with E-state index >= 15 is 0 Å². The molecule has 1 aromatic heterocycles. The van der Waals surface area contributed by atoms with Crippen LogP contribution in [0, 0.1) is 0 Å². The van der Waals surface area contributed by atoms with E-state index in [0.717, 1.165) is 5.38 Å². The summed E-state index contributed by atoms with van der Waals surface area (Å²) in [5, 5.41) is -0.764. The summed E-state index contributed by atoms with van der Waals surface area (Å²) >= 11 is 3.71. The topological polar surface area (TPSA) is 30.0 Å². The van der Waals surface area contributed by atoms with E-state index in [0.29, 0.717) is 11.3 Å². The second kappa shape index (κ2) is 3.06. The van der Waals surface area contributed by atoms with Crippen LogP contribution in [-0.4, -0.2) is 10.1 Å². The number of halogens is 3. The largest absolute Gasteiger partial charge is 0.443 e. The molecule has 0 unspecified atom stereocenters. The maximum atomic E-state index is 11.9. The Morgan fingerprint density at radius 1 is 1.58 bits per heavy atom. The fraction of sp³-hybridized carbons (Fsp3) is 0.200. The lowest BCUT2D eigenvalue weighted by molar-refractivity contribution is -0.137. The first-order valence-corrected chi connectivity index (χ1v) is 4.00. The van der Waals surface area contributed by atoms with Crippen LogP contribution in [-0.2, 0) is 6.18 Å². The van der Waals surface area contributed by atoms with Crippen LogP contribution in [0.1, 0.15) is 15.5 Å². The predicted octanol–water partition coefficient (Wildman–Crippen LogP) is 2.23. The lowest BCUT2D eigenvalue weighted by Crippen LogP contribution is -2.04. The molecule has 0 radical (unpaired) electrons. The summed E-state index contributed by atoms with van der Waals surface area (Å²) in [6.07, 6.45) is -4.48. The monoisotopic (exact) mass is 213 g/mol. The minimum absolute atomic E-state index is 0.268. The third-order valence-electron chi connectivity index (χ3n) is 0.966. The zero-order chi connectivity index (χ0) is 9.35. The average Bonchev–Trinajstić information content (AvgIpc) is 2.30. The van der Waals surface area contributed by atoms with Gasteiger partial charge in [0.2, 0.25) is 5.12 Å². The van der Waals surface area contributed by atoms with Gasteiger partial charge < -0.3 is 0 Å². The Bertz CT molecular complexity index is 306. The van der Waals surface area contributed by atoms with Crippen molar-refractivity contribution < 1.29 is 18.0 Å². The molecule has 0 aromatic carbocycles. The Morgan fingerprint density at radius 2 is 2.17 bits per heavy atom. The Morgan fingerprint density at radius 3 is 2.42 bits per heavy atom. The summed E-state index contributed by atoms with van der Waals surface area (Å²) in [5.41, 5.74) is -0.268. The number of thiol groups is 1. The molecule has 2 nitrogen and oxygen atoms in total. The highest BCUT2D eigenvalue weighted by molar-refractivity contribution is 7.97. The Hall–Kier alpha value is -0.560. The molecule has 66 valence electrons.